The van der Waals surface area contributed by atoms with Crippen molar-refractivity contribution in [2.75, 3.05) is 19.6 Å². The van der Waals surface area contributed by atoms with Gasteiger partial charge in [-0.2, -0.15) is 0 Å². The van der Waals surface area contributed by atoms with E-state index >= 15 is 0 Å². The zero-order chi connectivity index (χ0) is 22.7. The number of likely N-dealkylation sites (N-methyl/N-ethyl adjacent to an activating group) is 1. The van der Waals surface area contributed by atoms with E-state index in [-0.39, 0.29) is 11.8 Å². The van der Waals surface area contributed by atoms with Gasteiger partial charge in [0.05, 0.1) is 5.69 Å². The minimum absolute atomic E-state index is 0.00696. The van der Waals surface area contributed by atoms with Gasteiger partial charge in [-0.05, 0) is 49.1 Å². The molecule has 2 aliphatic heterocycles. The lowest BCUT2D eigenvalue weighted by molar-refractivity contribution is -0.126. The third-order valence-electron chi connectivity index (χ3n) is 6.10. The molecule has 2 heterocycles. The zero-order valence-corrected chi connectivity index (χ0v) is 18.8. The molecule has 0 saturated carbocycles. The van der Waals surface area contributed by atoms with Crippen LogP contribution >= 0.6 is 0 Å². The van der Waals surface area contributed by atoms with Crippen molar-refractivity contribution < 1.29 is 9.59 Å². The number of benzene rings is 2. The molecule has 32 heavy (non-hydrogen) atoms. The normalized spacial score (nSPS) is 15.1. The monoisotopic (exact) mass is 430 g/mol. The molecule has 0 bridgehead atoms. The molecule has 166 valence electrons. The van der Waals surface area contributed by atoms with E-state index in [4.69, 9.17) is 5.73 Å². The molecule has 0 radical (unpaired) electrons. The zero-order valence-electron chi connectivity index (χ0n) is 18.8. The first kappa shape index (κ1) is 21.8. The van der Waals surface area contributed by atoms with Crippen molar-refractivity contribution in [2.24, 2.45) is 10.7 Å². The molecule has 2 N–H and O–H groups in total. The first-order chi connectivity index (χ1) is 15.5. The lowest BCUT2D eigenvalue weighted by atomic mass is 9.99. The Balaban J connectivity index is 1.59. The van der Waals surface area contributed by atoms with E-state index in [9.17, 15) is 9.59 Å². The molecule has 0 aromatic heterocycles. The van der Waals surface area contributed by atoms with Gasteiger partial charge in [-0.25, -0.2) is 4.99 Å². The summed E-state index contributed by atoms with van der Waals surface area (Å²) in [4.78, 5) is 34.4. The van der Waals surface area contributed by atoms with Crippen molar-refractivity contribution in [3.8, 4) is 0 Å². The fourth-order valence-electron chi connectivity index (χ4n) is 4.39. The highest BCUT2D eigenvalue weighted by Crippen LogP contribution is 2.29. The van der Waals surface area contributed by atoms with Crippen LogP contribution in [0.5, 0.6) is 0 Å². The summed E-state index contributed by atoms with van der Waals surface area (Å²) in [5.41, 5.74) is 11.3. The average Bonchev–Trinajstić information content (AvgIpc) is 2.98. The van der Waals surface area contributed by atoms with Crippen LogP contribution in [0.3, 0.4) is 0 Å². The van der Waals surface area contributed by atoms with Crippen molar-refractivity contribution in [3.63, 3.8) is 0 Å². The topological polar surface area (TPSA) is 79.0 Å². The molecule has 0 aliphatic carbocycles. The largest absolute Gasteiger partial charge is 0.387 e. The number of hydrogen-bond acceptors (Lipinski definition) is 4. The van der Waals surface area contributed by atoms with Crippen LogP contribution in [0.15, 0.2) is 53.0 Å². The van der Waals surface area contributed by atoms with Crippen molar-refractivity contribution in [2.45, 2.75) is 39.7 Å². The molecule has 0 spiro atoms. The Kier molecular flexibility index (Phi) is 6.40. The van der Waals surface area contributed by atoms with E-state index in [1.165, 1.54) is 11.1 Å². The summed E-state index contributed by atoms with van der Waals surface area (Å²) in [5, 5.41) is 0. The van der Waals surface area contributed by atoms with Gasteiger partial charge in [0.15, 0.2) is 0 Å². The van der Waals surface area contributed by atoms with Gasteiger partial charge in [0.25, 0.3) is 5.91 Å². The number of rotatable bonds is 5. The minimum Gasteiger partial charge on any atom is -0.387 e. The number of aliphatic imine (C=N–C) groups is 1. The molecule has 0 fully saturated rings. The van der Waals surface area contributed by atoms with Crippen molar-refractivity contribution in [1.29, 1.82) is 0 Å². The Morgan fingerprint density at radius 2 is 1.91 bits per heavy atom. The predicted octanol–water partition coefficient (Wildman–Crippen LogP) is 3.92. The molecule has 6 heteroatoms. The number of fused-ring (bicyclic) bond motifs is 2. The van der Waals surface area contributed by atoms with Crippen LogP contribution in [0, 0.1) is 0 Å². The van der Waals surface area contributed by atoms with Gasteiger partial charge in [0, 0.05) is 49.3 Å². The molecule has 0 atom stereocenters. The quantitative estimate of drug-likeness (QED) is 0.781. The molecule has 2 aromatic rings. The summed E-state index contributed by atoms with van der Waals surface area (Å²) in [6.07, 6.45) is 3.93. The van der Waals surface area contributed by atoms with Crippen molar-refractivity contribution >= 4 is 29.4 Å². The molecule has 2 amide bonds. The second-order valence-electron chi connectivity index (χ2n) is 8.35. The summed E-state index contributed by atoms with van der Waals surface area (Å²) in [6.45, 7) is 6.71. The van der Waals surface area contributed by atoms with E-state index < -0.39 is 0 Å². The maximum absolute atomic E-state index is 13.2. The molecular weight excluding hydrogens is 400 g/mol. The SMILES string of the molecule is CCCN(CC)C(=O)C1=Cc2ccc(C(=O)N3CCc4ccccc4C3)cc2N=C(N)C1. The summed E-state index contributed by atoms with van der Waals surface area (Å²) in [7, 11) is 0. The van der Waals surface area contributed by atoms with Gasteiger partial charge in [0.1, 0.15) is 5.84 Å². The lowest BCUT2D eigenvalue weighted by Crippen LogP contribution is -2.35. The van der Waals surface area contributed by atoms with Crippen molar-refractivity contribution in [3.05, 3.63) is 70.3 Å². The Morgan fingerprint density at radius 3 is 2.66 bits per heavy atom. The van der Waals surface area contributed by atoms with E-state index in [2.05, 4.69) is 24.0 Å². The number of carbonyl (C=O) groups excluding carboxylic acids is 2. The predicted molar refractivity (Wildman–Crippen MR) is 128 cm³/mol. The number of nitrogens with zero attached hydrogens (tertiary/aromatic N) is 3. The molecule has 4 rings (SSSR count). The first-order valence-corrected chi connectivity index (χ1v) is 11.3. The van der Waals surface area contributed by atoms with Crippen LogP contribution in [0.2, 0.25) is 0 Å². The Morgan fingerprint density at radius 1 is 1.12 bits per heavy atom. The van der Waals surface area contributed by atoms with Gasteiger partial charge in [-0.1, -0.05) is 37.3 Å². The van der Waals surface area contributed by atoms with E-state index in [1.807, 2.05) is 47.1 Å². The maximum atomic E-state index is 13.2. The number of carbonyl (C=O) groups is 2. The highest BCUT2D eigenvalue weighted by molar-refractivity contribution is 6.06. The van der Waals surface area contributed by atoms with E-state index in [0.717, 1.165) is 18.4 Å². The number of amides is 2. The highest BCUT2D eigenvalue weighted by Gasteiger charge is 2.24. The minimum atomic E-state index is -0.0132. The standard InChI is InChI=1S/C26H30N4O2/c1-3-12-29(4-2)26(32)22-14-19-9-10-20(15-23(19)28-24(27)16-22)25(31)30-13-11-18-7-5-6-8-21(18)17-30/h5-10,14-15H,3-4,11-13,16-17H2,1-2H3,(H2,27,28). The molecule has 0 unspecified atom stereocenters. The average molecular weight is 431 g/mol. The van der Waals surface area contributed by atoms with Gasteiger partial charge in [0.2, 0.25) is 5.91 Å². The van der Waals surface area contributed by atoms with Crippen LogP contribution in [0.4, 0.5) is 5.69 Å². The number of nitrogens with two attached hydrogens (primary N) is 1. The molecule has 0 saturated heterocycles. The Hall–Kier alpha value is -3.41. The third-order valence-corrected chi connectivity index (χ3v) is 6.10. The highest BCUT2D eigenvalue weighted by atomic mass is 16.2. The van der Waals surface area contributed by atoms with E-state index in [1.54, 1.807) is 6.07 Å². The Bertz CT molecular complexity index is 1100. The molecule has 2 aliphatic rings. The fourth-order valence-corrected chi connectivity index (χ4v) is 4.39. The smallest absolute Gasteiger partial charge is 0.254 e. The van der Waals surface area contributed by atoms with E-state index in [0.29, 0.717) is 55.3 Å². The second kappa shape index (κ2) is 9.39. The molecular formula is C26H30N4O2. The van der Waals surface area contributed by atoms with Crippen LogP contribution in [0.1, 0.15) is 53.7 Å². The summed E-state index contributed by atoms with van der Waals surface area (Å²) >= 11 is 0. The van der Waals surface area contributed by atoms with Gasteiger partial charge in [-0.3, -0.25) is 9.59 Å². The van der Waals surface area contributed by atoms with Crippen LogP contribution in [-0.4, -0.2) is 47.1 Å². The summed E-state index contributed by atoms with van der Waals surface area (Å²) in [6, 6.07) is 13.7. The molecule has 6 nitrogen and oxygen atoms in total. The lowest BCUT2D eigenvalue weighted by Gasteiger charge is -2.29. The van der Waals surface area contributed by atoms with Gasteiger partial charge in [-0.15, -0.1) is 0 Å². The van der Waals surface area contributed by atoms with Gasteiger partial charge < -0.3 is 15.5 Å². The number of hydrogen-bond donors (Lipinski definition) is 1. The molecule has 2 aromatic carbocycles. The third kappa shape index (κ3) is 4.44. The van der Waals surface area contributed by atoms with Crippen LogP contribution in [0.25, 0.3) is 6.08 Å². The van der Waals surface area contributed by atoms with Crippen molar-refractivity contribution in [1.82, 2.24) is 9.80 Å². The summed E-state index contributed by atoms with van der Waals surface area (Å²) in [5.74, 6) is 0.362. The summed E-state index contributed by atoms with van der Waals surface area (Å²) < 4.78 is 0. The first-order valence-electron chi connectivity index (χ1n) is 11.3. The maximum Gasteiger partial charge on any atom is 0.254 e. The second-order valence-corrected chi connectivity index (χ2v) is 8.35. The number of amidine groups is 1. The Labute approximate surface area is 189 Å². The fraction of sp³-hybridized carbons (Fsp3) is 0.346. The van der Waals surface area contributed by atoms with Gasteiger partial charge >= 0.3 is 0 Å². The van der Waals surface area contributed by atoms with Crippen LogP contribution < -0.4 is 5.73 Å². The van der Waals surface area contributed by atoms with Crippen LogP contribution in [-0.2, 0) is 17.8 Å².